The van der Waals surface area contributed by atoms with Gasteiger partial charge in [-0.1, -0.05) is 0 Å². The topological polar surface area (TPSA) is 97.3 Å². The molecule has 130 valence electrons. The van der Waals surface area contributed by atoms with Crippen molar-refractivity contribution in [3.05, 3.63) is 47.8 Å². The third kappa shape index (κ3) is 3.10. The standard InChI is InChI=1S/C16H15N3O5S/c20-16(11-3-4-13-14(10-11)24-8-7-23-13)17-12-2-1-5-19-6-9-25(21,22)18-15(12)19/h1-5,10H,6-9H2,(H,17,20). The zero-order valence-electron chi connectivity index (χ0n) is 13.1. The van der Waals surface area contributed by atoms with Gasteiger partial charge in [-0.3, -0.25) is 4.79 Å². The largest absolute Gasteiger partial charge is 0.486 e. The lowest BCUT2D eigenvalue weighted by Gasteiger charge is -2.29. The van der Waals surface area contributed by atoms with E-state index in [0.29, 0.717) is 42.5 Å². The number of hydrogen-bond donors (Lipinski definition) is 1. The van der Waals surface area contributed by atoms with E-state index in [0.717, 1.165) is 0 Å². The minimum absolute atomic E-state index is 0.0514. The van der Waals surface area contributed by atoms with Crippen molar-refractivity contribution >= 4 is 21.8 Å². The van der Waals surface area contributed by atoms with Gasteiger partial charge in [0.15, 0.2) is 17.3 Å². The van der Waals surface area contributed by atoms with E-state index in [2.05, 4.69) is 9.71 Å². The third-order valence-corrected chi connectivity index (χ3v) is 5.06. The van der Waals surface area contributed by atoms with Gasteiger partial charge in [-0.25, -0.2) is 8.42 Å². The van der Waals surface area contributed by atoms with E-state index >= 15 is 0 Å². The van der Waals surface area contributed by atoms with Gasteiger partial charge in [0.1, 0.15) is 13.2 Å². The highest BCUT2D eigenvalue weighted by atomic mass is 32.2. The Balaban J connectivity index is 1.59. The molecule has 4 rings (SSSR count). The average Bonchev–Trinajstić information content (AvgIpc) is 2.61. The number of sulfonamides is 1. The lowest BCUT2D eigenvalue weighted by atomic mass is 10.1. The number of amides is 1. The normalized spacial score (nSPS) is 20.2. The quantitative estimate of drug-likeness (QED) is 0.830. The molecule has 1 N–H and O–H groups in total. The zero-order chi connectivity index (χ0) is 17.4. The molecule has 0 bridgehead atoms. The second-order valence-electron chi connectivity index (χ2n) is 5.63. The number of nitrogens with zero attached hydrogens (tertiary/aromatic N) is 2. The number of hydrogen-bond acceptors (Lipinski definition) is 6. The number of benzene rings is 1. The lowest BCUT2D eigenvalue weighted by Crippen LogP contribution is -2.42. The van der Waals surface area contributed by atoms with E-state index in [1.807, 2.05) is 0 Å². The minimum Gasteiger partial charge on any atom is -0.486 e. The summed E-state index contributed by atoms with van der Waals surface area (Å²) in [7, 11) is -3.51. The van der Waals surface area contributed by atoms with E-state index in [1.165, 1.54) is 0 Å². The van der Waals surface area contributed by atoms with Gasteiger partial charge in [-0.15, -0.1) is 4.40 Å². The average molecular weight is 361 g/mol. The van der Waals surface area contributed by atoms with Crippen LogP contribution < -0.4 is 14.8 Å². The summed E-state index contributed by atoms with van der Waals surface area (Å²) in [5, 5.41) is 2.72. The predicted molar refractivity (Wildman–Crippen MR) is 90.0 cm³/mol. The number of carbonyl (C=O) groups is 1. The molecule has 0 radical (unpaired) electrons. The summed E-state index contributed by atoms with van der Waals surface area (Å²) in [6.45, 7) is 1.20. The van der Waals surface area contributed by atoms with Gasteiger partial charge in [0, 0.05) is 18.3 Å². The van der Waals surface area contributed by atoms with Gasteiger partial charge in [-0.2, -0.15) is 0 Å². The van der Waals surface area contributed by atoms with Crippen LogP contribution in [0.15, 0.2) is 46.6 Å². The third-order valence-electron chi connectivity index (χ3n) is 3.91. The fourth-order valence-corrected chi connectivity index (χ4v) is 3.68. The Hall–Kier alpha value is -2.81. The van der Waals surface area contributed by atoms with Crippen LogP contribution in [0.2, 0.25) is 0 Å². The van der Waals surface area contributed by atoms with E-state index in [9.17, 15) is 13.2 Å². The minimum atomic E-state index is -3.51. The molecular weight excluding hydrogens is 346 g/mol. The highest BCUT2D eigenvalue weighted by Gasteiger charge is 2.28. The molecule has 25 heavy (non-hydrogen) atoms. The van der Waals surface area contributed by atoms with Crippen LogP contribution in [0.3, 0.4) is 0 Å². The molecule has 0 aliphatic carbocycles. The van der Waals surface area contributed by atoms with Crippen LogP contribution in [-0.2, 0) is 10.0 Å². The van der Waals surface area contributed by atoms with Crippen LogP contribution in [0.25, 0.3) is 0 Å². The van der Waals surface area contributed by atoms with Crippen molar-refractivity contribution in [2.45, 2.75) is 0 Å². The second kappa shape index (κ2) is 5.92. The summed E-state index contributed by atoms with van der Waals surface area (Å²) in [6.07, 6.45) is 5.08. The molecule has 3 aliphatic heterocycles. The Morgan fingerprint density at radius 3 is 2.84 bits per heavy atom. The number of ether oxygens (including phenoxy) is 2. The van der Waals surface area contributed by atoms with Gasteiger partial charge in [0.2, 0.25) is 0 Å². The fraction of sp³-hybridized carbons (Fsp3) is 0.250. The molecule has 0 saturated heterocycles. The first-order chi connectivity index (χ1) is 12.0. The number of amidine groups is 1. The van der Waals surface area contributed by atoms with Crippen molar-refractivity contribution in [1.82, 2.24) is 10.2 Å². The molecule has 3 heterocycles. The van der Waals surface area contributed by atoms with Crippen LogP contribution in [0.5, 0.6) is 11.5 Å². The second-order valence-corrected chi connectivity index (χ2v) is 7.38. The highest BCUT2D eigenvalue weighted by Crippen LogP contribution is 2.30. The van der Waals surface area contributed by atoms with Gasteiger partial charge in [-0.05, 0) is 30.4 Å². The number of carbonyl (C=O) groups excluding carboxylic acids is 1. The number of nitrogens with one attached hydrogen (secondary N) is 1. The number of rotatable bonds is 2. The van der Waals surface area contributed by atoms with Crippen LogP contribution in [-0.4, -0.2) is 50.6 Å². The van der Waals surface area contributed by atoms with Crippen LogP contribution in [0.1, 0.15) is 10.4 Å². The summed E-state index contributed by atoms with van der Waals surface area (Å²) >= 11 is 0. The summed E-state index contributed by atoms with van der Waals surface area (Å²) < 4.78 is 38.2. The van der Waals surface area contributed by atoms with Crippen molar-refractivity contribution in [2.24, 2.45) is 4.40 Å². The Labute approximate surface area is 144 Å². The molecule has 3 aliphatic rings. The van der Waals surface area contributed by atoms with E-state index in [1.54, 1.807) is 41.5 Å². The van der Waals surface area contributed by atoms with Crippen molar-refractivity contribution in [3.8, 4) is 11.5 Å². The first-order valence-corrected chi connectivity index (χ1v) is 9.32. The Morgan fingerprint density at radius 2 is 2.00 bits per heavy atom. The van der Waals surface area contributed by atoms with Crippen LogP contribution in [0, 0.1) is 0 Å². The summed E-state index contributed by atoms with van der Waals surface area (Å²) in [5.41, 5.74) is 0.719. The van der Waals surface area contributed by atoms with Gasteiger partial charge in [0.05, 0.1) is 11.4 Å². The number of allylic oxidation sites excluding steroid dienone is 2. The molecule has 1 amide bonds. The van der Waals surface area contributed by atoms with Crippen molar-refractivity contribution in [3.63, 3.8) is 0 Å². The first-order valence-electron chi connectivity index (χ1n) is 7.71. The first kappa shape index (κ1) is 15.7. The van der Waals surface area contributed by atoms with E-state index < -0.39 is 10.0 Å². The van der Waals surface area contributed by atoms with Crippen LogP contribution >= 0.6 is 0 Å². The molecule has 0 unspecified atom stereocenters. The Bertz CT molecular complexity index is 933. The van der Waals surface area contributed by atoms with E-state index in [4.69, 9.17) is 9.47 Å². The molecule has 8 nitrogen and oxygen atoms in total. The highest BCUT2D eigenvalue weighted by molar-refractivity contribution is 7.90. The van der Waals surface area contributed by atoms with Gasteiger partial charge in [0.25, 0.3) is 15.9 Å². The summed E-state index contributed by atoms with van der Waals surface area (Å²) in [5.74, 6) is 0.889. The fourth-order valence-electron chi connectivity index (χ4n) is 2.69. The molecule has 1 aromatic rings. The monoisotopic (exact) mass is 361 g/mol. The number of fused-ring (bicyclic) bond motifs is 2. The molecule has 0 spiro atoms. The van der Waals surface area contributed by atoms with Gasteiger partial charge < -0.3 is 19.7 Å². The molecule has 1 aromatic carbocycles. The zero-order valence-corrected chi connectivity index (χ0v) is 14.0. The van der Waals surface area contributed by atoms with Gasteiger partial charge >= 0.3 is 0 Å². The van der Waals surface area contributed by atoms with Crippen molar-refractivity contribution < 1.29 is 22.7 Å². The maximum Gasteiger partial charge on any atom is 0.256 e. The molecule has 0 fully saturated rings. The maximum absolute atomic E-state index is 12.5. The molecule has 0 aromatic heterocycles. The SMILES string of the molecule is O=C(NC1=CC=CN2CCS(=O)(=O)N=C12)c1ccc2c(c1)OCCO2. The van der Waals surface area contributed by atoms with Crippen molar-refractivity contribution in [2.75, 3.05) is 25.5 Å². The predicted octanol–water partition coefficient (Wildman–Crippen LogP) is 0.643. The molecule has 0 saturated carbocycles. The maximum atomic E-state index is 12.5. The smallest absolute Gasteiger partial charge is 0.256 e. The Morgan fingerprint density at radius 1 is 1.20 bits per heavy atom. The molecule has 0 atom stereocenters. The summed E-state index contributed by atoms with van der Waals surface area (Å²) in [4.78, 5) is 14.2. The Kier molecular flexibility index (Phi) is 3.72. The molecular formula is C16H15N3O5S. The van der Waals surface area contributed by atoms with Crippen LogP contribution in [0.4, 0.5) is 0 Å². The summed E-state index contributed by atoms with van der Waals surface area (Å²) in [6, 6.07) is 4.90. The molecule has 9 heteroatoms. The van der Waals surface area contributed by atoms with Crippen molar-refractivity contribution in [1.29, 1.82) is 0 Å². The lowest BCUT2D eigenvalue weighted by molar-refractivity contribution is 0.0966. The van der Waals surface area contributed by atoms with E-state index in [-0.39, 0.29) is 17.5 Å².